The zero-order valence-corrected chi connectivity index (χ0v) is 21.5. The van der Waals surface area contributed by atoms with Crippen molar-refractivity contribution >= 4 is 14.8 Å². The van der Waals surface area contributed by atoms with Gasteiger partial charge in [-0.2, -0.15) is 20.7 Å². The second-order valence-corrected chi connectivity index (χ2v) is 16.9. The minimum Gasteiger partial charge on any atom is -0.198 e. The summed E-state index contributed by atoms with van der Waals surface area (Å²) in [5, 5.41) is 23.0. The molecule has 0 amide bonds. The van der Waals surface area contributed by atoms with Crippen molar-refractivity contribution in [3.8, 4) is 12.4 Å². The Bertz CT molecular complexity index is 385. The zero-order chi connectivity index (χ0) is 21.7. The maximum Gasteiger partial charge on any atom is 0.211 e. The first-order valence-electron chi connectivity index (χ1n) is 11.2. The van der Waals surface area contributed by atoms with Crippen molar-refractivity contribution in [2.45, 2.75) is 90.9 Å². The first kappa shape index (κ1) is 29.6. The largest absolute Gasteiger partial charge is 0.211 e. The van der Waals surface area contributed by atoms with E-state index in [9.17, 15) is 0 Å². The summed E-state index contributed by atoms with van der Waals surface area (Å²) in [5.41, 5.74) is 0. The molecule has 0 aliphatic heterocycles. The monoisotopic (exact) mass is 430 g/mol. The highest BCUT2D eigenvalue weighted by molar-refractivity contribution is 7.73. The molecule has 0 radical (unpaired) electrons. The third-order valence-corrected chi connectivity index (χ3v) is 9.13. The van der Waals surface area contributed by atoms with Gasteiger partial charge in [-0.1, -0.05) is 65.2 Å². The lowest BCUT2D eigenvalue weighted by Gasteiger charge is -2.14. The third kappa shape index (κ3) is 23.5. The van der Waals surface area contributed by atoms with Crippen LogP contribution in [-0.4, -0.2) is 39.0 Å². The van der Waals surface area contributed by atoms with Crippen LogP contribution in [0.15, 0.2) is 0 Å². The van der Waals surface area contributed by atoms with Gasteiger partial charge in [0, 0.05) is 0 Å². The molecule has 0 rings (SSSR count). The van der Waals surface area contributed by atoms with Gasteiger partial charge < -0.3 is 0 Å². The van der Waals surface area contributed by atoms with Crippen LogP contribution >= 0.6 is 14.8 Å². The van der Waals surface area contributed by atoms with Gasteiger partial charge in [-0.15, -0.1) is 0 Å². The molecule has 0 aromatic rings. The van der Waals surface area contributed by atoms with Gasteiger partial charge >= 0.3 is 0 Å². The van der Waals surface area contributed by atoms with Crippen molar-refractivity contribution in [1.29, 1.82) is 10.5 Å². The van der Waals surface area contributed by atoms with E-state index in [1.54, 1.807) is 0 Å². The summed E-state index contributed by atoms with van der Waals surface area (Å²) in [7, 11) is -2.22. The summed E-state index contributed by atoms with van der Waals surface area (Å²) in [6.07, 6.45) is 22.6. The summed E-state index contributed by atoms with van der Waals surface area (Å²) >= 11 is 0. The minimum atomic E-state index is -1.11. The Kier molecular flexibility index (Phi) is 20.9. The first-order valence-corrected chi connectivity index (χ1v) is 17.0. The molecule has 0 aromatic heterocycles. The number of nitrogens with zero attached hydrogens (tertiary/aromatic N) is 2. The highest BCUT2D eigenvalue weighted by Gasteiger charge is 2.23. The molecule has 0 unspecified atom stereocenters. The van der Waals surface area contributed by atoms with Crippen LogP contribution in [0.3, 0.4) is 0 Å². The average Bonchev–Trinajstić information content (AvgIpc) is 2.61. The van der Waals surface area contributed by atoms with Crippen LogP contribution in [0.2, 0.25) is 0 Å². The lowest BCUT2D eigenvalue weighted by Crippen LogP contribution is -2.10. The van der Waals surface area contributed by atoms with Crippen LogP contribution < -0.4 is 10.2 Å². The second-order valence-electron chi connectivity index (χ2n) is 8.80. The van der Waals surface area contributed by atoms with Gasteiger partial charge in [0.05, 0.1) is 39.0 Å². The molecule has 0 heterocycles. The molecule has 0 aromatic carbocycles. The van der Waals surface area contributed by atoms with Gasteiger partial charge in [0.2, 0.25) is 12.4 Å². The summed E-state index contributed by atoms with van der Waals surface area (Å²) in [6, 6.07) is 0. The fourth-order valence-corrected chi connectivity index (χ4v) is 5.75. The predicted octanol–water partition coefficient (Wildman–Crippen LogP) is 7.22. The standard InChI is InChI=1S/2C11H24N2P/c2*1-4-5-6-7-8-9-10-14(2,3)13-11-12/h2*13H,4-10H2,1-3H3/q2*+1. The van der Waals surface area contributed by atoms with Crippen LogP contribution in [0.25, 0.3) is 0 Å². The van der Waals surface area contributed by atoms with E-state index in [4.69, 9.17) is 10.5 Å². The Balaban J connectivity index is 0. The number of hydrogen-bond acceptors (Lipinski definition) is 4. The Morgan fingerprint density at radius 1 is 0.536 bits per heavy atom. The molecule has 0 spiro atoms. The molecule has 2 N–H and O–H groups in total. The minimum absolute atomic E-state index is 1.11. The second kappa shape index (κ2) is 19.7. The maximum absolute atomic E-state index is 8.54. The van der Waals surface area contributed by atoms with E-state index in [0.717, 1.165) is 0 Å². The van der Waals surface area contributed by atoms with Gasteiger partial charge in [-0.3, -0.25) is 0 Å². The molecule has 0 aliphatic carbocycles. The van der Waals surface area contributed by atoms with E-state index < -0.39 is 14.8 Å². The van der Waals surface area contributed by atoms with Crippen LogP contribution in [0.1, 0.15) is 90.9 Å². The first-order chi connectivity index (χ1) is 13.2. The molecule has 0 atom stereocenters. The zero-order valence-electron chi connectivity index (χ0n) is 19.7. The lowest BCUT2D eigenvalue weighted by atomic mass is 10.1. The smallest absolute Gasteiger partial charge is 0.198 e. The quantitative estimate of drug-likeness (QED) is 0.117. The van der Waals surface area contributed by atoms with Crippen molar-refractivity contribution < 1.29 is 0 Å². The van der Waals surface area contributed by atoms with Gasteiger partial charge in [0.15, 0.2) is 0 Å². The Morgan fingerprint density at radius 3 is 1.11 bits per heavy atom. The van der Waals surface area contributed by atoms with Crippen molar-refractivity contribution in [3.63, 3.8) is 0 Å². The van der Waals surface area contributed by atoms with Gasteiger partial charge in [0.1, 0.15) is 14.8 Å². The van der Waals surface area contributed by atoms with Crippen molar-refractivity contribution in [2.24, 2.45) is 0 Å². The molecule has 0 aliphatic rings. The Hall–Kier alpha value is -0.560. The summed E-state index contributed by atoms with van der Waals surface area (Å²) in [5.74, 6) is 0. The molecule has 0 bridgehead atoms. The molecular formula is C22H48N4P2+2. The van der Waals surface area contributed by atoms with Crippen molar-refractivity contribution in [1.82, 2.24) is 10.2 Å². The van der Waals surface area contributed by atoms with E-state index in [0.29, 0.717) is 0 Å². The van der Waals surface area contributed by atoms with E-state index in [1.807, 2.05) is 0 Å². The molecule has 0 fully saturated rings. The lowest BCUT2D eigenvalue weighted by molar-refractivity contribution is 0.625. The average molecular weight is 431 g/mol. The maximum atomic E-state index is 8.54. The third-order valence-electron chi connectivity index (χ3n) is 4.85. The van der Waals surface area contributed by atoms with Gasteiger partial charge in [-0.25, -0.2) is 0 Å². The highest BCUT2D eigenvalue weighted by Crippen LogP contribution is 2.47. The molecule has 6 heteroatoms. The molecule has 0 saturated carbocycles. The van der Waals surface area contributed by atoms with Crippen LogP contribution in [0.4, 0.5) is 0 Å². The molecule has 4 nitrogen and oxygen atoms in total. The van der Waals surface area contributed by atoms with Crippen LogP contribution in [-0.2, 0) is 0 Å². The number of hydrogen-bond donors (Lipinski definition) is 2. The number of unbranched alkanes of at least 4 members (excludes halogenated alkanes) is 10. The molecule has 28 heavy (non-hydrogen) atoms. The fraction of sp³-hybridized carbons (Fsp3) is 0.909. The molecule has 0 saturated heterocycles. The fourth-order valence-electron chi connectivity index (χ4n) is 2.96. The van der Waals surface area contributed by atoms with E-state index in [2.05, 4.69) is 63.1 Å². The van der Waals surface area contributed by atoms with Crippen molar-refractivity contribution in [2.75, 3.05) is 39.0 Å². The summed E-state index contributed by atoms with van der Waals surface area (Å²) in [4.78, 5) is 0. The van der Waals surface area contributed by atoms with Gasteiger partial charge in [0.25, 0.3) is 0 Å². The normalized spacial score (nSPS) is 11.0. The topological polar surface area (TPSA) is 71.6 Å². The predicted molar refractivity (Wildman–Crippen MR) is 132 cm³/mol. The summed E-state index contributed by atoms with van der Waals surface area (Å²) in [6.45, 7) is 13.3. The number of nitriles is 2. The number of nitrogens with one attached hydrogen (secondary N) is 2. The van der Waals surface area contributed by atoms with Crippen molar-refractivity contribution in [3.05, 3.63) is 0 Å². The highest BCUT2D eigenvalue weighted by atomic mass is 31.2. The molecular weight excluding hydrogens is 382 g/mol. The van der Waals surface area contributed by atoms with Crippen LogP contribution in [0.5, 0.6) is 0 Å². The summed E-state index contributed by atoms with van der Waals surface area (Å²) < 4.78 is 0. The van der Waals surface area contributed by atoms with Crippen LogP contribution in [0, 0.1) is 22.9 Å². The van der Waals surface area contributed by atoms with E-state index in [-0.39, 0.29) is 0 Å². The van der Waals surface area contributed by atoms with E-state index >= 15 is 0 Å². The van der Waals surface area contributed by atoms with Gasteiger partial charge in [-0.05, 0) is 25.7 Å². The van der Waals surface area contributed by atoms with E-state index in [1.165, 1.54) is 89.4 Å². The Morgan fingerprint density at radius 2 is 0.821 bits per heavy atom. The molecule has 164 valence electrons. The SMILES string of the molecule is CCCCCCCC[P+](C)(C)NC#N.CCCCCCCC[P+](C)(C)NC#N. The Labute approximate surface area is 178 Å². The number of rotatable bonds is 16.